The summed E-state index contributed by atoms with van der Waals surface area (Å²) in [5.74, 6) is 1.41. The number of amides is 2. The third-order valence-electron chi connectivity index (χ3n) is 4.77. The van der Waals surface area contributed by atoms with Gasteiger partial charge in [0.05, 0.1) is 20.3 Å². The van der Waals surface area contributed by atoms with Crippen molar-refractivity contribution in [3.05, 3.63) is 46.2 Å². The molecule has 146 valence electrons. The summed E-state index contributed by atoms with van der Waals surface area (Å²) >= 11 is 1.75. The topological polar surface area (TPSA) is 62.8 Å². The largest absolute Gasteiger partial charge is 0.497 e. The Morgan fingerprint density at radius 1 is 1.15 bits per heavy atom. The van der Waals surface area contributed by atoms with E-state index in [1.165, 1.54) is 17.7 Å². The molecule has 0 saturated carbocycles. The summed E-state index contributed by atoms with van der Waals surface area (Å²) in [4.78, 5) is 16.1. The number of benzene rings is 1. The van der Waals surface area contributed by atoms with Gasteiger partial charge in [0.25, 0.3) is 0 Å². The van der Waals surface area contributed by atoms with E-state index in [1.807, 2.05) is 18.2 Å². The van der Waals surface area contributed by atoms with Gasteiger partial charge in [-0.2, -0.15) is 0 Å². The Morgan fingerprint density at radius 2 is 1.85 bits per heavy atom. The average molecular weight is 390 g/mol. The summed E-state index contributed by atoms with van der Waals surface area (Å²) in [6, 6.07) is 9.89. The highest BCUT2D eigenvalue weighted by Gasteiger charge is 2.24. The third-order valence-corrected chi connectivity index (χ3v) is 5.75. The zero-order chi connectivity index (χ0) is 19.1. The van der Waals surface area contributed by atoms with Gasteiger partial charge >= 0.3 is 6.03 Å². The number of nitrogens with one attached hydrogen (secondary N) is 2. The predicted molar refractivity (Wildman–Crippen MR) is 108 cm³/mol. The van der Waals surface area contributed by atoms with Gasteiger partial charge in [0.2, 0.25) is 0 Å². The number of methoxy groups -OCH3 is 2. The fourth-order valence-electron chi connectivity index (χ4n) is 3.35. The van der Waals surface area contributed by atoms with Crippen molar-refractivity contribution in [1.29, 1.82) is 0 Å². The maximum atomic E-state index is 12.3. The van der Waals surface area contributed by atoms with E-state index in [0.29, 0.717) is 24.6 Å². The minimum atomic E-state index is -0.169. The maximum Gasteiger partial charge on any atom is 0.315 e. The first kappa shape index (κ1) is 19.5. The van der Waals surface area contributed by atoms with E-state index in [9.17, 15) is 4.79 Å². The molecule has 2 N–H and O–H groups in total. The van der Waals surface area contributed by atoms with Gasteiger partial charge < -0.3 is 20.1 Å². The third kappa shape index (κ3) is 5.37. The molecule has 1 atom stereocenters. The molecule has 1 aliphatic rings. The molecule has 1 fully saturated rings. The molecule has 1 aliphatic heterocycles. The van der Waals surface area contributed by atoms with E-state index in [0.717, 1.165) is 18.7 Å². The Kier molecular flexibility index (Phi) is 6.95. The summed E-state index contributed by atoms with van der Waals surface area (Å²) in [6.45, 7) is 3.20. The average Bonchev–Trinajstić information content (AvgIpc) is 3.41. The smallest absolute Gasteiger partial charge is 0.315 e. The van der Waals surface area contributed by atoms with Crippen LogP contribution in [0, 0.1) is 0 Å². The molecular formula is C20H27N3O3S. The zero-order valence-electron chi connectivity index (χ0n) is 15.9. The minimum absolute atomic E-state index is 0.169. The molecule has 1 unspecified atom stereocenters. The number of hydrogen-bond donors (Lipinski definition) is 2. The Hall–Kier alpha value is -2.25. The first-order chi connectivity index (χ1) is 13.2. The first-order valence-electron chi connectivity index (χ1n) is 9.20. The quantitative estimate of drug-likeness (QED) is 0.726. The highest BCUT2D eigenvalue weighted by Crippen LogP contribution is 2.27. The lowest BCUT2D eigenvalue weighted by Crippen LogP contribution is -2.41. The first-order valence-corrected chi connectivity index (χ1v) is 10.1. The van der Waals surface area contributed by atoms with E-state index in [-0.39, 0.29) is 12.1 Å². The van der Waals surface area contributed by atoms with Crippen LogP contribution in [-0.4, -0.2) is 44.8 Å². The van der Waals surface area contributed by atoms with Crippen LogP contribution < -0.4 is 20.1 Å². The molecule has 0 bridgehead atoms. The molecule has 1 aromatic carbocycles. The lowest BCUT2D eigenvalue weighted by Gasteiger charge is -2.27. The van der Waals surface area contributed by atoms with Crippen LogP contribution in [0.3, 0.4) is 0 Å². The number of carbonyl (C=O) groups is 1. The molecule has 27 heavy (non-hydrogen) atoms. The Balaban J connectivity index is 1.54. The molecule has 6 nitrogen and oxygen atoms in total. The monoisotopic (exact) mass is 389 g/mol. The van der Waals surface area contributed by atoms with E-state index in [1.54, 1.807) is 25.6 Å². The van der Waals surface area contributed by atoms with Gasteiger partial charge in [0.1, 0.15) is 11.5 Å². The van der Waals surface area contributed by atoms with E-state index in [2.05, 4.69) is 33.0 Å². The minimum Gasteiger partial charge on any atom is -0.497 e. The number of hydrogen-bond acceptors (Lipinski definition) is 5. The second-order valence-corrected chi connectivity index (χ2v) is 7.54. The summed E-state index contributed by atoms with van der Waals surface area (Å²) in [6.07, 6.45) is 2.46. The summed E-state index contributed by atoms with van der Waals surface area (Å²) in [5.41, 5.74) is 0.927. The van der Waals surface area contributed by atoms with Crippen LogP contribution in [0.5, 0.6) is 11.5 Å². The maximum absolute atomic E-state index is 12.3. The molecule has 7 heteroatoms. The van der Waals surface area contributed by atoms with Gasteiger partial charge in [-0.1, -0.05) is 6.07 Å². The van der Waals surface area contributed by atoms with Crippen molar-refractivity contribution in [1.82, 2.24) is 15.5 Å². The van der Waals surface area contributed by atoms with Gasteiger partial charge in [-0.15, -0.1) is 11.3 Å². The van der Waals surface area contributed by atoms with Crippen LogP contribution in [0.25, 0.3) is 0 Å². The fourth-order valence-corrected chi connectivity index (χ4v) is 4.21. The molecule has 1 saturated heterocycles. The Morgan fingerprint density at radius 3 is 2.44 bits per heavy atom. The van der Waals surface area contributed by atoms with Gasteiger partial charge in [0.15, 0.2) is 0 Å². The van der Waals surface area contributed by atoms with Crippen LogP contribution in [0.4, 0.5) is 4.79 Å². The number of nitrogens with zero attached hydrogens (tertiary/aromatic N) is 1. The van der Waals surface area contributed by atoms with E-state index in [4.69, 9.17) is 9.47 Å². The van der Waals surface area contributed by atoms with Crippen molar-refractivity contribution in [2.75, 3.05) is 33.9 Å². The standard InChI is InChI=1S/C20H27N3O3S/c1-25-16-10-15(11-17(12-16)26-2)13-21-20(24)22-14-18(19-6-5-9-27-19)23-7-3-4-8-23/h5-6,9-12,18H,3-4,7-8,13-14H2,1-2H3,(H2,21,22,24). The van der Waals surface area contributed by atoms with Gasteiger partial charge in [-0.25, -0.2) is 4.79 Å². The van der Waals surface area contributed by atoms with Crippen LogP contribution >= 0.6 is 11.3 Å². The van der Waals surface area contributed by atoms with Gasteiger partial charge in [0, 0.05) is 24.0 Å². The molecule has 3 rings (SSSR count). The van der Waals surface area contributed by atoms with Crippen molar-refractivity contribution < 1.29 is 14.3 Å². The number of thiophene rings is 1. The van der Waals surface area contributed by atoms with E-state index >= 15 is 0 Å². The summed E-state index contributed by atoms with van der Waals surface area (Å²) in [7, 11) is 3.23. The molecule has 0 spiro atoms. The van der Waals surface area contributed by atoms with Crippen molar-refractivity contribution in [3.8, 4) is 11.5 Å². The summed E-state index contributed by atoms with van der Waals surface area (Å²) < 4.78 is 10.5. The molecule has 1 aromatic heterocycles. The molecule has 2 heterocycles. The lowest BCUT2D eigenvalue weighted by atomic mass is 10.2. The highest BCUT2D eigenvalue weighted by atomic mass is 32.1. The fraction of sp³-hybridized carbons (Fsp3) is 0.450. The van der Waals surface area contributed by atoms with Crippen LogP contribution in [0.1, 0.15) is 29.3 Å². The Labute approximate surface area is 164 Å². The van der Waals surface area contributed by atoms with Crippen LogP contribution in [-0.2, 0) is 6.54 Å². The molecular weight excluding hydrogens is 362 g/mol. The van der Waals surface area contributed by atoms with Crippen molar-refractivity contribution in [3.63, 3.8) is 0 Å². The Bertz CT molecular complexity index is 708. The van der Waals surface area contributed by atoms with Crippen molar-refractivity contribution in [2.24, 2.45) is 0 Å². The molecule has 0 aliphatic carbocycles. The number of carbonyl (C=O) groups excluding carboxylic acids is 1. The van der Waals surface area contributed by atoms with E-state index < -0.39 is 0 Å². The predicted octanol–water partition coefficient (Wildman–Crippen LogP) is 3.40. The number of ether oxygens (including phenoxy) is 2. The van der Waals surface area contributed by atoms with Gasteiger partial charge in [-0.05, 0) is 55.1 Å². The zero-order valence-corrected chi connectivity index (χ0v) is 16.7. The van der Waals surface area contributed by atoms with Gasteiger partial charge in [-0.3, -0.25) is 4.90 Å². The number of rotatable bonds is 8. The van der Waals surface area contributed by atoms with Crippen LogP contribution in [0.15, 0.2) is 35.7 Å². The highest BCUT2D eigenvalue weighted by molar-refractivity contribution is 7.10. The molecule has 2 amide bonds. The normalized spacial score (nSPS) is 15.3. The van der Waals surface area contributed by atoms with Crippen molar-refractivity contribution >= 4 is 17.4 Å². The second kappa shape index (κ2) is 9.62. The number of urea groups is 1. The number of likely N-dealkylation sites (tertiary alicyclic amines) is 1. The van der Waals surface area contributed by atoms with Crippen LogP contribution in [0.2, 0.25) is 0 Å². The van der Waals surface area contributed by atoms with Crippen molar-refractivity contribution in [2.45, 2.75) is 25.4 Å². The molecule has 0 radical (unpaired) electrons. The SMILES string of the molecule is COc1cc(CNC(=O)NCC(c2cccs2)N2CCCC2)cc(OC)c1. The summed E-state index contributed by atoms with van der Waals surface area (Å²) in [5, 5.41) is 8.04. The molecule has 2 aromatic rings. The lowest BCUT2D eigenvalue weighted by molar-refractivity contribution is 0.222. The second-order valence-electron chi connectivity index (χ2n) is 6.56.